The van der Waals surface area contributed by atoms with Crippen molar-refractivity contribution in [1.82, 2.24) is 5.32 Å². The Hall–Kier alpha value is -1.10. The molecular weight excluding hydrogens is 210 g/mol. The van der Waals surface area contributed by atoms with Crippen molar-refractivity contribution in [3.05, 3.63) is 0 Å². The number of carboxylic acid groups (broad SMARTS) is 1. The van der Waals surface area contributed by atoms with Gasteiger partial charge in [0, 0.05) is 19.6 Å². The Kier molecular flexibility index (Phi) is 6.72. The van der Waals surface area contributed by atoms with Gasteiger partial charge in [0.2, 0.25) is 5.91 Å². The minimum atomic E-state index is -1.02. The highest BCUT2D eigenvalue weighted by Crippen LogP contribution is 2.19. The zero-order valence-corrected chi connectivity index (χ0v) is 9.95. The molecule has 1 amide bonds. The molecule has 0 aromatic heterocycles. The molecule has 0 radical (unpaired) electrons. The maximum Gasteiger partial charge on any atom is 0.309 e. The summed E-state index contributed by atoms with van der Waals surface area (Å²) in [7, 11) is 0. The molecule has 0 saturated carbocycles. The van der Waals surface area contributed by atoms with E-state index in [2.05, 4.69) is 5.32 Å². The first kappa shape index (κ1) is 14.9. The summed E-state index contributed by atoms with van der Waals surface area (Å²) < 4.78 is 0. The largest absolute Gasteiger partial charge is 0.481 e. The summed E-state index contributed by atoms with van der Waals surface area (Å²) in [6.07, 6.45) is 2.39. The molecule has 0 aliphatic rings. The Morgan fingerprint density at radius 2 is 1.81 bits per heavy atom. The number of carboxylic acids is 1. The van der Waals surface area contributed by atoms with Gasteiger partial charge in [-0.3, -0.25) is 9.59 Å². The van der Waals surface area contributed by atoms with E-state index in [-0.39, 0.29) is 18.9 Å². The van der Waals surface area contributed by atoms with Crippen LogP contribution in [-0.4, -0.2) is 35.2 Å². The zero-order chi connectivity index (χ0) is 12.6. The highest BCUT2D eigenvalue weighted by molar-refractivity contribution is 5.84. The second kappa shape index (κ2) is 7.22. The fourth-order valence-electron chi connectivity index (χ4n) is 1.18. The van der Waals surface area contributed by atoms with Gasteiger partial charge in [-0.1, -0.05) is 0 Å². The van der Waals surface area contributed by atoms with Gasteiger partial charge in [0.1, 0.15) is 0 Å². The quantitative estimate of drug-likeness (QED) is 0.538. The van der Waals surface area contributed by atoms with Crippen LogP contribution in [0, 0.1) is 5.41 Å². The Labute approximate surface area is 95.9 Å². The fourth-order valence-corrected chi connectivity index (χ4v) is 1.18. The summed E-state index contributed by atoms with van der Waals surface area (Å²) in [5, 5.41) is 20.0. The molecule has 0 saturated heterocycles. The van der Waals surface area contributed by atoms with Crippen molar-refractivity contribution in [1.29, 1.82) is 0 Å². The highest BCUT2D eigenvalue weighted by Gasteiger charge is 2.29. The molecule has 0 unspecified atom stereocenters. The van der Waals surface area contributed by atoms with Gasteiger partial charge >= 0.3 is 5.97 Å². The van der Waals surface area contributed by atoms with Crippen LogP contribution in [0.1, 0.15) is 39.5 Å². The van der Waals surface area contributed by atoms with Crippen LogP contribution in [0.15, 0.2) is 0 Å². The molecule has 16 heavy (non-hydrogen) atoms. The standard InChI is InChI=1S/C11H21NO4/c1-11(2,10(15)16)8-9(14)12-6-4-3-5-7-13/h13H,3-8H2,1-2H3,(H,12,14)(H,15,16). The topological polar surface area (TPSA) is 86.6 Å². The SMILES string of the molecule is CC(C)(CC(=O)NCCCCCO)C(=O)O. The van der Waals surface area contributed by atoms with Crippen LogP contribution in [0.4, 0.5) is 0 Å². The average molecular weight is 231 g/mol. The van der Waals surface area contributed by atoms with Crippen molar-refractivity contribution < 1.29 is 19.8 Å². The van der Waals surface area contributed by atoms with Gasteiger partial charge in [-0.25, -0.2) is 0 Å². The van der Waals surface area contributed by atoms with Gasteiger partial charge in [0.05, 0.1) is 5.41 Å². The number of carbonyl (C=O) groups is 2. The molecule has 0 fully saturated rings. The smallest absolute Gasteiger partial charge is 0.309 e. The lowest BCUT2D eigenvalue weighted by Gasteiger charge is -2.18. The predicted molar refractivity (Wildman–Crippen MR) is 60.0 cm³/mol. The zero-order valence-electron chi connectivity index (χ0n) is 9.95. The second-order valence-corrected chi connectivity index (χ2v) is 4.50. The van der Waals surface area contributed by atoms with E-state index in [4.69, 9.17) is 10.2 Å². The Morgan fingerprint density at radius 1 is 1.19 bits per heavy atom. The first-order chi connectivity index (χ1) is 7.40. The molecule has 0 spiro atoms. The van der Waals surface area contributed by atoms with Gasteiger partial charge in [-0.15, -0.1) is 0 Å². The number of unbranched alkanes of at least 4 members (excludes halogenated alkanes) is 2. The summed E-state index contributed by atoms with van der Waals surface area (Å²) in [6.45, 7) is 3.76. The Morgan fingerprint density at radius 3 is 2.31 bits per heavy atom. The molecule has 5 nitrogen and oxygen atoms in total. The lowest BCUT2D eigenvalue weighted by molar-refractivity contribution is -0.149. The van der Waals surface area contributed by atoms with Crippen LogP contribution in [0.5, 0.6) is 0 Å². The number of nitrogens with one attached hydrogen (secondary N) is 1. The molecule has 0 bridgehead atoms. The van der Waals surface area contributed by atoms with E-state index in [0.717, 1.165) is 19.3 Å². The van der Waals surface area contributed by atoms with Crippen LogP contribution in [0.25, 0.3) is 0 Å². The first-order valence-corrected chi connectivity index (χ1v) is 5.51. The summed E-state index contributed by atoms with van der Waals surface area (Å²) >= 11 is 0. The summed E-state index contributed by atoms with van der Waals surface area (Å²) in [4.78, 5) is 22.1. The van der Waals surface area contributed by atoms with Crippen LogP contribution in [0.3, 0.4) is 0 Å². The Balaban J connectivity index is 3.71. The molecule has 0 aliphatic carbocycles. The molecule has 3 N–H and O–H groups in total. The number of hydrogen-bond acceptors (Lipinski definition) is 3. The molecule has 94 valence electrons. The molecular formula is C11H21NO4. The number of carbonyl (C=O) groups excluding carboxylic acids is 1. The van der Waals surface area contributed by atoms with Crippen molar-refractivity contribution in [3.8, 4) is 0 Å². The van der Waals surface area contributed by atoms with Gasteiger partial charge in [-0.2, -0.15) is 0 Å². The molecule has 0 aromatic carbocycles. The third kappa shape index (κ3) is 6.40. The van der Waals surface area contributed by atoms with E-state index < -0.39 is 11.4 Å². The number of amides is 1. The van der Waals surface area contributed by atoms with Crippen molar-refractivity contribution in [2.45, 2.75) is 39.5 Å². The molecule has 5 heteroatoms. The number of aliphatic hydroxyl groups excluding tert-OH is 1. The maximum absolute atomic E-state index is 11.4. The van der Waals surface area contributed by atoms with Crippen LogP contribution < -0.4 is 5.32 Å². The van der Waals surface area contributed by atoms with E-state index in [0.29, 0.717) is 6.54 Å². The maximum atomic E-state index is 11.4. The minimum Gasteiger partial charge on any atom is -0.481 e. The summed E-state index contributed by atoms with van der Waals surface area (Å²) in [5.74, 6) is -1.21. The van der Waals surface area contributed by atoms with Gasteiger partial charge in [0.25, 0.3) is 0 Å². The van der Waals surface area contributed by atoms with Gasteiger partial charge in [-0.05, 0) is 33.1 Å². The minimum absolute atomic E-state index is 0.0116. The van der Waals surface area contributed by atoms with E-state index in [1.165, 1.54) is 13.8 Å². The average Bonchev–Trinajstić information content (AvgIpc) is 2.16. The Bertz CT molecular complexity index is 238. The number of aliphatic hydroxyl groups is 1. The van der Waals surface area contributed by atoms with Crippen molar-refractivity contribution in [2.24, 2.45) is 5.41 Å². The summed E-state index contributed by atoms with van der Waals surface area (Å²) in [5.41, 5.74) is -1.02. The molecule has 0 heterocycles. The molecule has 0 rings (SSSR count). The van der Waals surface area contributed by atoms with Gasteiger partial charge in [0.15, 0.2) is 0 Å². The van der Waals surface area contributed by atoms with E-state index >= 15 is 0 Å². The lowest BCUT2D eigenvalue weighted by Crippen LogP contribution is -2.33. The van der Waals surface area contributed by atoms with E-state index in [9.17, 15) is 9.59 Å². The number of rotatable bonds is 8. The normalized spacial score (nSPS) is 11.2. The van der Waals surface area contributed by atoms with Gasteiger partial charge < -0.3 is 15.5 Å². The second-order valence-electron chi connectivity index (χ2n) is 4.50. The van der Waals surface area contributed by atoms with E-state index in [1.54, 1.807) is 0 Å². The van der Waals surface area contributed by atoms with Crippen molar-refractivity contribution >= 4 is 11.9 Å². The van der Waals surface area contributed by atoms with Crippen LogP contribution in [0.2, 0.25) is 0 Å². The van der Waals surface area contributed by atoms with E-state index in [1.807, 2.05) is 0 Å². The molecule has 0 aromatic rings. The third-order valence-electron chi connectivity index (χ3n) is 2.34. The van der Waals surface area contributed by atoms with Crippen molar-refractivity contribution in [2.75, 3.05) is 13.2 Å². The monoisotopic (exact) mass is 231 g/mol. The summed E-state index contributed by atoms with van der Waals surface area (Å²) in [6, 6.07) is 0. The van der Waals surface area contributed by atoms with Crippen LogP contribution in [-0.2, 0) is 9.59 Å². The van der Waals surface area contributed by atoms with Crippen LogP contribution >= 0.6 is 0 Å². The highest BCUT2D eigenvalue weighted by atomic mass is 16.4. The van der Waals surface area contributed by atoms with Crippen molar-refractivity contribution in [3.63, 3.8) is 0 Å². The fraction of sp³-hybridized carbons (Fsp3) is 0.818. The lowest BCUT2D eigenvalue weighted by atomic mass is 9.89. The predicted octanol–water partition coefficient (Wildman–Crippen LogP) is 0.766. The third-order valence-corrected chi connectivity index (χ3v) is 2.34. The number of aliphatic carboxylic acids is 1. The molecule has 0 atom stereocenters. The molecule has 0 aliphatic heterocycles. The number of hydrogen-bond donors (Lipinski definition) is 3. The first-order valence-electron chi connectivity index (χ1n) is 5.51.